The summed E-state index contributed by atoms with van der Waals surface area (Å²) in [6, 6.07) is 10.8. The van der Waals surface area contributed by atoms with Gasteiger partial charge in [0.1, 0.15) is 6.04 Å². The summed E-state index contributed by atoms with van der Waals surface area (Å²) in [7, 11) is -3.59. The number of sulfonamides is 1. The van der Waals surface area contributed by atoms with Crippen molar-refractivity contribution in [2.45, 2.75) is 52.1 Å². The van der Waals surface area contributed by atoms with E-state index in [1.54, 1.807) is 42.5 Å². The molecule has 0 saturated heterocycles. The van der Waals surface area contributed by atoms with E-state index in [2.05, 4.69) is 5.32 Å². The normalized spacial score (nSPS) is 12.2. The van der Waals surface area contributed by atoms with Crippen LogP contribution in [0.5, 0.6) is 0 Å². The zero-order valence-electron chi connectivity index (χ0n) is 20.6. The lowest BCUT2D eigenvalue weighted by Gasteiger charge is -2.31. The van der Waals surface area contributed by atoms with Crippen LogP contribution in [0.2, 0.25) is 15.1 Å². The molecule has 0 fully saturated rings. The Kier molecular flexibility index (Phi) is 11.8. The molecule has 2 amide bonds. The van der Waals surface area contributed by atoms with E-state index in [1.165, 1.54) is 9.21 Å². The molecule has 11 heteroatoms. The largest absolute Gasteiger partial charge is 0.354 e. The highest BCUT2D eigenvalue weighted by Gasteiger charge is 2.29. The average Bonchev–Trinajstić information content (AvgIpc) is 2.82. The van der Waals surface area contributed by atoms with E-state index >= 15 is 0 Å². The van der Waals surface area contributed by atoms with Crippen LogP contribution in [-0.4, -0.2) is 50.5 Å². The molecule has 2 aromatic rings. The summed E-state index contributed by atoms with van der Waals surface area (Å²) in [6.07, 6.45) is 2.54. The van der Waals surface area contributed by atoms with Gasteiger partial charge in [-0.25, -0.2) is 8.42 Å². The van der Waals surface area contributed by atoms with Crippen LogP contribution in [0.15, 0.2) is 42.5 Å². The number of halogens is 3. The molecule has 0 spiro atoms. The SMILES string of the molecule is CCCNC(=O)[C@H](CC)N(Cc1c(Cl)cccc1Cl)C(=O)CCCN(c1ccc(Cl)cc1)S(C)(=O)=O. The molecule has 2 rings (SSSR count). The average molecular weight is 577 g/mol. The van der Waals surface area contributed by atoms with Gasteiger partial charge in [0.05, 0.1) is 11.9 Å². The van der Waals surface area contributed by atoms with Gasteiger partial charge in [-0.3, -0.25) is 13.9 Å². The third-order valence-corrected chi connectivity index (χ3v) is 7.75. The molecule has 0 bridgehead atoms. The Morgan fingerprint density at radius 1 is 1.00 bits per heavy atom. The number of carbonyl (C=O) groups excluding carboxylic acids is 2. The Bertz CT molecular complexity index is 1120. The highest BCUT2D eigenvalue weighted by Crippen LogP contribution is 2.28. The van der Waals surface area contributed by atoms with E-state index in [0.29, 0.717) is 39.3 Å². The van der Waals surface area contributed by atoms with Crippen LogP contribution >= 0.6 is 34.8 Å². The Labute approximate surface area is 228 Å². The van der Waals surface area contributed by atoms with E-state index < -0.39 is 16.1 Å². The molecular weight excluding hydrogens is 545 g/mol. The summed E-state index contributed by atoms with van der Waals surface area (Å²) < 4.78 is 26.0. The maximum Gasteiger partial charge on any atom is 0.242 e. The summed E-state index contributed by atoms with van der Waals surface area (Å²) in [5, 5.41) is 4.14. The van der Waals surface area contributed by atoms with Crippen molar-refractivity contribution in [1.29, 1.82) is 0 Å². The van der Waals surface area contributed by atoms with Gasteiger partial charge in [0.2, 0.25) is 21.8 Å². The topological polar surface area (TPSA) is 86.8 Å². The predicted molar refractivity (Wildman–Crippen MR) is 147 cm³/mol. The van der Waals surface area contributed by atoms with Crippen LogP contribution < -0.4 is 9.62 Å². The minimum absolute atomic E-state index is 0.0270. The number of nitrogens with one attached hydrogen (secondary N) is 1. The predicted octanol–water partition coefficient (Wildman–Crippen LogP) is 5.53. The summed E-state index contributed by atoms with van der Waals surface area (Å²) in [4.78, 5) is 27.8. The Morgan fingerprint density at radius 3 is 2.14 bits per heavy atom. The molecule has 198 valence electrons. The molecule has 0 radical (unpaired) electrons. The van der Waals surface area contributed by atoms with Gasteiger partial charge in [0.15, 0.2) is 0 Å². The lowest BCUT2D eigenvalue weighted by atomic mass is 10.1. The molecule has 2 aromatic carbocycles. The number of nitrogens with zero attached hydrogens (tertiary/aromatic N) is 2. The van der Waals surface area contributed by atoms with Gasteiger partial charge in [-0.15, -0.1) is 0 Å². The molecule has 0 aromatic heterocycles. The van der Waals surface area contributed by atoms with Gasteiger partial charge in [-0.1, -0.05) is 54.7 Å². The number of hydrogen-bond acceptors (Lipinski definition) is 4. The fraction of sp³-hybridized carbons (Fsp3) is 0.440. The van der Waals surface area contributed by atoms with E-state index in [0.717, 1.165) is 12.7 Å². The second-order valence-electron chi connectivity index (χ2n) is 8.35. The summed E-state index contributed by atoms with van der Waals surface area (Å²) in [6.45, 7) is 4.42. The third kappa shape index (κ3) is 8.54. The number of rotatable bonds is 13. The Balaban J connectivity index is 2.25. The fourth-order valence-corrected chi connectivity index (χ4v) is 5.36. The first-order valence-electron chi connectivity index (χ1n) is 11.7. The van der Waals surface area contributed by atoms with Gasteiger partial charge in [-0.05, 0) is 55.7 Å². The van der Waals surface area contributed by atoms with E-state index in [4.69, 9.17) is 34.8 Å². The highest BCUT2D eigenvalue weighted by molar-refractivity contribution is 7.92. The monoisotopic (exact) mass is 575 g/mol. The van der Waals surface area contributed by atoms with E-state index in [9.17, 15) is 18.0 Å². The van der Waals surface area contributed by atoms with Crippen LogP contribution in [0.1, 0.15) is 45.1 Å². The molecule has 0 heterocycles. The Morgan fingerprint density at radius 2 is 1.61 bits per heavy atom. The van der Waals surface area contributed by atoms with Gasteiger partial charge in [-0.2, -0.15) is 0 Å². The van der Waals surface area contributed by atoms with Crippen LogP contribution in [0.25, 0.3) is 0 Å². The first-order valence-corrected chi connectivity index (χ1v) is 14.7. The molecule has 0 aliphatic carbocycles. The van der Waals surface area contributed by atoms with Gasteiger partial charge in [0, 0.05) is 46.7 Å². The van der Waals surface area contributed by atoms with Crippen LogP contribution in [0, 0.1) is 0 Å². The van der Waals surface area contributed by atoms with Gasteiger partial charge in [0.25, 0.3) is 0 Å². The molecule has 7 nitrogen and oxygen atoms in total. The van der Waals surface area contributed by atoms with Gasteiger partial charge < -0.3 is 10.2 Å². The summed E-state index contributed by atoms with van der Waals surface area (Å²) in [5.41, 5.74) is 1.01. The molecule has 0 aliphatic rings. The zero-order valence-corrected chi connectivity index (χ0v) is 23.7. The van der Waals surface area contributed by atoms with E-state index in [-0.39, 0.29) is 37.7 Å². The number of amides is 2. The highest BCUT2D eigenvalue weighted by atomic mass is 35.5. The molecule has 0 unspecified atom stereocenters. The second kappa shape index (κ2) is 14.1. The molecule has 0 saturated carbocycles. The standard InChI is InChI=1S/C25H32Cl3N3O4S/c1-4-15-29-25(33)23(5-2)30(17-20-21(27)8-6-9-22(20)28)24(32)10-7-16-31(36(3,34)35)19-13-11-18(26)12-14-19/h6,8-9,11-14,23H,4-5,7,10,15-17H2,1-3H3,(H,29,33)/t23-/m0/s1. The van der Waals surface area contributed by atoms with Crippen LogP contribution in [0.3, 0.4) is 0 Å². The summed E-state index contributed by atoms with van der Waals surface area (Å²) in [5.74, 6) is -0.552. The van der Waals surface area contributed by atoms with Crippen molar-refractivity contribution in [3.8, 4) is 0 Å². The smallest absolute Gasteiger partial charge is 0.242 e. The molecule has 0 aliphatic heterocycles. The van der Waals surface area contributed by atoms with Crippen molar-refractivity contribution in [2.75, 3.05) is 23.7 Å². The zero-order chi connectivity index (χ0) is 26.9. The maximum absolute atomic E-state index is 13.4. The lowest BCUT2D eigenvalue weighted by Crippen LogP contribution is -2.49. The molecule has 1 N–H and O–H groups in total. The van der Waals surface area contributed by atoms with Crippen LogP contribution in [-0.2, 0) is 26.2 Å². The van der Waals surface area contributed by atoms with Crippen LogP contribution in [0.4, 0.5) is 5.69 Å². The number of carbonyl (C=O) groups is 2. The lowest BCUT2D eigenvalue weighted by molar-refractivity contribution is -0.141. The third-order valence-electron chi connectivity index (χ3n) is 5.59. The first-order chi connectivity index (χ1) is 17.0. The molecule has 1 atom stereocenters. The number of anilines is 1. The minimum atomic E-state index is -3.59. The van der Waals surface area contributed by atoms with Crippen molar-refractivity contribution in [2.24, 2.45) is 0 Å². The van der Waals surface area contributed by atoms with Crippen molar-refractivity contribution in [3.05, 3.63) is 63.1 Å². The maximum atomic E-state index is 13.4. The quantitative estimate of drug-likeness (QED) is 0.340. The minimum Gasteiger partial charge on any atom is -0.354 e. The number of hydrogen-bond donors (Lipinski definition) is 1. The first kappa shape index (κ1) is 30.2. The van der Waals surface area contributed by atoms with Crippen molar-refractivity contribution in [1.82, 2.24) is 10.2 Å². The van der Waals surface area contributed by atoms with E-state index in [1.807, 2.05) is 13.8 Å². The Hall–Kier alpha value is -2.00. The molecule has 36 heavy (non-hydrogen) atoms. The summed E-state index contributed by atoms with van der Waals surface area (Å²) >= 11 is 18.6. The fourth-order valence-electron chi connectivity index (χ4n) is 3.75. The van der Waals surface area contributed by atoms with Crippen molar-refractivity contribution in [3.63, 3.8) is 0 Å². The number of benzene rings is 2. The van der Waals surface area contributed by atoms with Gasteiger partial charge >= 0.3 is 0 Å². The van der Waals surface area contributed by atoms with Crippen molar-refractivity contribution < 1.29 is 18.0 Å². The molecular formula is C25H32Cl3N3O4S. The second-order valence-corrected chi connectivity index (χ2v) is 11.5. The van der Waals surface area contributed by atoms with Crippen molar-refractivity contribution >= 4 is 62.3 Å².